The second-order valence-electron chi connectivity index (χ2n) is 4.56. The molecule has 118 valence electrons. The lowest BCUT2D eigenvalue weighted by Gasteiger charge is -2.12. The molecule has 0 aromatic carbocycles. The molecule has 0 aliphatic heterocycles. The Morgan fingerprint density at radius 3 is 2.48 bits per heavy atom. The highest BCUT2D eigenvalue weighted by Crippen LogP contribution is 2.17. The number of nitrogens with one attached hydrogen (secondary N) is 1. The lowest BCUT2D eigenvalue weighted by Crippen LogP contribution is -2.40. The number of hydrogen-bond donors (Lipinski definition) is 2. The van der Waals surface area contributed by atoms with Crippen molar-refractivity contribution in [2.24, 2.45) is 0 Å². The first-order valence-corrected chi connectivity index (χ1v) is 7.70. The average molecular weight is 318 g/mol. The van der Waals surface area contributed by atoms with E-state index in [4.69, 9.17) is 9.52 Å². The van der Waals surface area contributed by atoms with Crippen LogP contribution in [0.25, 0.3) is 0 Å². The van der Waals surface area contributed by atoms with E-state index in [2.05, 4.69) is 5.32 Å². The van der Waals surface area contributed by atoms with E-state index in [0.717, 1.165) is 10.4 Å². The number of amides is 1. The van der Waals surface area contributed by atoms with Crippen molar-refractivity contribution in [1.29, 1.82) is 0 Å². The van der Waals surface area contributed by atoms with Gasteiger partial charge < -0.3 is 14.8 Å². The third kappa shape index (κ3) is 4.05. The Labute approximate surface area is 122 Å². The molecule has 0 aliphatic rings. The molecule has 0 bridgehead atoms. The van der Waals surface area contributed by atoms with Crippen LogP contribution in [-0.2, 0) is 14.8 Å². The molecule has 1 heterocycles. The van der Waals surface area contributed by atoms with Gasteiger partial charge in [-0.05, 0) is 18.6 Å². The van der Waals surface area contributed by atoms with Crippen LogP contribution in [0.3, 0.4) is 0 Å². The molecule has 21 heavy (non-hydrogen) atoms. The van der Waals surface area contributed by atoms with E-state index in [1.54, 1.807) is 6.92 Å². The Hall–Kier alpha value is -1.87. The van der Waals surface area contributed by atoms with Crippen molar-refractivity contribution in [3.8, 4) is 0 Å². The maximum absolute atomic E-state index is 11.9. The third-order valence-electron chi connectivity index (χ3n) is 2.72. The van der Waals surface area contributed by atoms with Crippen LogP contribution in [0, 0.1) is 0 Å². The summed E-state index contributed by atoms with van der Waals surface area (Å²) in [6, 6.07) is 1.30. The van der Waals surface area contributed by atoms with Crippen molar-refractivity contribution in [3.63, 3.8) is 0 Å². The van der Waals surface area contributed by atoms with E-state index >= 15 is 0 Å². The maximum Gasteiger partial charge on any atom is 0.326 e. The van der Waals surface area contributed by atoms with Crippen LogP contribution in [-0.4, -0.2) is 49.8 Å². The van der Waals surface area contributed by atoms with Gasteiger partial charge in [0.05, 0.1) is 0 Å². The number of sulfonamides is 1. The van der Waals surface area contributed by atoms with Gasteiger partial charge in [-0.1, -0.05) is 13.3 Å². The van der Waals surface area contributed by atoms with E-state index in [-0.39, 0.29) is 17.3 Å². The van der Waals surface area contributed by atoms with Gasteiger partial charge in [0.15, 0.2) is 5.76 Å². The molecule has 1 aromatic rings. The van der Waals surface area contributed by atoms with Gasteiger partial charge in [-0.15, -0.1) is 0 Å². The molecule has 9 heteroatoms. The number of carboxylic acids is 1. The van der Waals surface area contributed by atoms with Gasteiger partial charge in [0.25, 0.3) is 15.9 Å². The Balaban J connectivity index is 2.91. The molecule has 0 radical (unpaired) electrons. The lowest BCUT2D eigenvalue weighted by molar-refractivity contribution is -0.139. The summed E-state index contributed by atoms with van der Waals surface area (Å²) in [6.45, 7) is 1.79. The van der Waals surface area contributed by atoms with Crippen molar-refractivity contribution >= 4 is 21.9 Å². The molecule has 0 aliphatic carbocycles. The predicted octanol–water partition coefficient (Wildman–Crippen LogP) is 0.513. The molecule has 1 atom stereocenters. The SMILES string of the molecule is CCC[C@H](NC(=O)c1ccc(S(=O)(=O)N(C)C)o1)C(=O)O. The van der Waals surface area contributed by atoms with Crippen LogP contribution < -0.4 is 5.32 Å². The quantitative estimate of drug-likeness (QED) is 0.756. The molecule has 0 saturated heterocycles. The molecular weight excluding hydrogens is 300 g/mol. The molecule has 1 amide bonds. The molecular formula is C12H18N2O6S. The smallest absolute Gasteiger partial charge is 0.326 e. The van der Waals surface area contributed by atoms with E-state index in [1.165, 1.54) is 20.2 Å². The van der Waals surface area contributed by atoms with Crippen LogP contribution >= 0.6 is 0 Å². The van der Waals surface area contributed by atoms with Crippen molar-refractivity contribution in [3.05, 3.63) is 17.9 Å². The van der Waals surface area contributed by atoms with Gasteiger partial charge in [-0.3, -0.25) is 4.79 Å². The van der Waals surface area contributed by atoms with Crippen LogP contribution in [0.2, 0.25) is 0 Å². The molecule has 2 N–H and O–H groups in total. The summed E-state index contributed by atoms with van der Waals surface area (Å²) in [6.07, 6.45) is 0.848. The van der Waals surface area contributed by atoms with Gasteiger partial charge >= 0.3 is 5.97 Å². The Morgan fingerprint density at radius 1 is 1.38 bits per heavy atom. The van der Waals surface area contributed by atoms with Crippen molar-refractivity contribution in [2.75, 3.05) is 14.1 Å². The number of rotatable bonds is 7. The van der Waals surface area contributed by atoms with Gasteiger partial charge in [-0.25, -0.2) is 17.5 Å². The first-order valence-electron chi connectivity index (χ1n) is 6.26. The van der Waals surface area contributed by atoms with Crippen molar-refractivity contribution in [2.45, 2.75) is 30.9 Å². The second kappa shape index (κ2) is 6.72. The zero-order valence-corrected chi connectivity index (χ0v) is 12.8. The van der Waals surface area contributed by atoms with Gasteiger partial charge in [0, 0.05) is 14.1 Å². The van der Waals surface area contributed by atoms with Crippen LogP contribution in [0.5, 0.6) is 0 Å². The number of carbonyl (C=O) groups excluding carboxylic acids is 1. The fourth-order valence-electron chi connectivity index (χ4n) is 1.54. The van der Waals surface area contributed by atoms with E-state index in [1.807, 2.05) is 0 Å². The summed E-state index contributed by atoms with van der Waals surface area (Å²) in [5.41, 5.74) is 0. The lowest BCUT2D eigenvalue weighted by atomic mass is 10.1. The third-order valence-corrected chi connectivity index (χ3v) is 4.41. The Bertz CT molecular complexity index is 619. The average Bonchev–Trinajstić information content (AvgIpc) is 2.87. The number of nitrogens with zero attached hydrogens (tertiary/aromatic N) is 1. The highest BCUT2D eigenvalue weighted by atomic mass is 32.2. The summed E-state index contributed by atoms with van der Waals surface area (Å²) in [5.74, 6) is -2.17. The highest BCUT2D eigenvalue weighted by molar-refractivity contribution is 7.88. The second-order valence-corrected chi connectivity index (χ2v) is 6.64. The minimum atomic E-state index is -3.77. The summed E-state index contributed by atoms with van der Waals surface area (Å²) in [4.78, 5) is 22.8. The largest absolute Gasteiger partial charge is 0.480 e. The van der Waals surface area contributed by atoms with Crippen LogP contribution in [0.1, 0.15) is 30.3 Å². The standard InChI is InChI=1S/C12H18N2O6S/c1-4-5-8(12(16)17)13-11(15)9-6-7-10(20-9)21(18,19)14(2)3/h6-8H,4-5H2,1-3H3,(H,13,15)(H,16,17)/t8-/m0/s1. The fourth-order valence-corrected chi connectivity index (χ4v) is 2.33. The van der Waals surface area contributed by atoms with E-state index in [9.17, 15) is 18.0 Å². The number of carbonyl (C=O) groups is 2. The Morgan fingerprint density at radius 2 is 2.00 bits per heavy atom. The fraction of sp³-hybridized carbons (Fsp3) is 0.500. The number of furan rings is 1. The monoisotopic (exact) mass is 318 g/mol. The predicted molar refractivity (Wildman–Crippen MR) is 73.4 cm³/mol. The molecule has 1 rings (SSSR count). The zero-order valence-electron chi connectivity index (χ0n) is 12.0. The van der Waals surface area contributed by atoms with Gasteiger partial charge in [0.1, 0.15) is 6.04 Å². The highest BCUT2D eigenvalue weighted by Gasteiger charge is 2.25. The first kappa shape index (κ1) is 17.2. The molecule has 0 unspecified atom stereocenters. The maximum atomic E-state index is 11.9. The first-order chi connectivity index (χ1) is 9.70. The number of hydrogen-bond acceptors (Lipinski definition) is 5. The number of aliphatic carboxylic acids is 1. The minimum absolute atomic E-state index is 0.252. The molecule has 1 aromatic heterocycles. The van der Waals surface area contributed by atoms with Crippen LogP contribution in [0.4, 0.5) is 0 Å². The topological polar surface area (TPSA) is 117 Å². The van der Waals surface area contributed by atoms with Crippen molar-refractivity contribution < 1.29 is 27.5 Å². The summed E-state index contributed by atoms with van der Waals surface area (Å²) in [7, 11) is -1.11. The summed E-state index contributed by atoms with van der Waals surface area (Å²) < 4.78 is 29.6. The molecule has 0 saturated carbocycles. The van der Waals surface area contributed by atoms with E-state index in [0.29, 0.717) is 6.42 Å². The summed E-state index contributed by atoms with van der Waals surface area (Å²) >= 11 is 0. The minimum Gasteiger partial charge on any atom is -0.480 e. The summed E-state index contributed by atoms with van der Waals surface area (Å²) in [5, 5.41) is 10.9. The molecule has 0 fully saturated rings. The molecule has 0 spiro atoms. The molecule has 8 nitrogen and oxygen atoms in total. The van der Waals surface area contributed by atoms with Crippen molar-refractivity contribution in [1.82, 2.24) is 9.62 Å². The Kier molecular flexibility index (Phi) is 5.50. The normalized spacial score (nSPS) is 13.1. The number of carboxylic acid groups (broad SMARTS) is 1. The van der Waals surface area contributed by atoms with Gasteiger partial charge in [-0.2, -0.15) is 0 Å². The van der Waals surface area contributed by atoms with Gasteiger partial charge in [0.2, 0.25) is 5.09 Å². The van der Waals surface area contributed by atoms with E-state index < -0.39 is 27.9 Å². The zero-order chi connectivity index (χ0) is 16.2. The van der Waals surface area contributed by atoms with Crippen LogP contribution in [0.15, 0.2) is 21.6 Å².